The molecular formula is C22H23F2N3O4. The summed E-state index contributed by atoms with van der Waals surface area (Å²) in [7, 11) is 0. The Morgan fingerprint density at radius 2 is 1.84 bits per heavy atom. The Morgan fingerprint density at radius 3 is 2.42 bits per heavy atom. The molecule has 0 radical (unpaired) electrons. The highest BCUT2D eigenvalue weighted by Crippen LogP contribution is 2.19. The summed E-state index contributed by atoms with van der Waals surface area (Å²) in [6, 6.07) is 9.77. The van der Waals surface area contributed by atoms with Crippen molar-refractivity contribution >= 4 is 11.9 Å². The smallest absolute Gasteiger partial charge is 0.305 e. The van der Waals surface area contributed by atoms with Crippen LogP contribution >= 0.6 is 0 Å². The summed E-state index contributed by atoms with van der Waals surface area (Å²) < 4.78 is 27.0. The number of hydrogen-bond donors (Lipinski definition) is 4. The molecule has 2 aromatic carbocycles. The van der Waals surface area contributed by atoms with Crippen LogP contribution in [-0.2, 0) is 16.0 Å². The van der Waals surface area contributed by atoms with Crippen LogP contribution in [0.2, 0.25) is 0 Å². The number of aliphatic carboxylic acids is 1. The number of carboxylic acids is 1. The fourth-order valence-corrected chi connectivity index (χ4v) is 3.24. The first-order valence-corrected chi connectivity index (χ1v) is 9.53. The van der Waals surface area contributed by atoms with Gasteiger partial charge >= 0.3 is 5.97 Å². The lowest BCUT2D eigenvalue weighted by molar-refractivity contribution is -0.137. The summed E-state index contributed by atoms with van der Waals surface area (Å²) >= 11 is 0. The van der Waals surface area contributed by atoms with Crippen molar-refractivity contribution in [2.24, 2.45) is 0 Å². The first-order valence-electron chi connectivity index (χ1n) is 9.53. The third-order valence-electron chi connectivity index (χ3n) is 4.60. The maximum Gasteiger partial charge on any atom is 0.305 e. The highest BCUT2D eigenvalue weighted by atomic mass is 19.1. The topological polar surface area (TPSA) is 122 Å². The zero-order chi connectivity index (χ0) is 23.0. The lowest BCUT2D eigenvalue weighted by Gasteiger charge is -2.26. The number of aliphatic hydroxyl groups excluding tert-OH is 1. The van der Waals surface area contributed by atoms with Gasteiger partial charge in [-0.2, -0.15) is 5.26 Å². The quantitative estimate of drug-likeness (QED) is 0.457. The number of carboxylic acid groups (broad SMARTS) is 1. The molecule has 3 atom stereocenters. The lowest BCUT2D eigenvalue weighted by Crippen LogP contribution is -2.48. The van der Waals surface area contributed by atoms with Crippen LogP contribution in [0.25, 0.3) is 0 Å². The minimum atomic E-state index is -1.19. The van der Waals surface area contributed by atoms with Crippen LogP contribution in [0.5, 0.6) is 0 Å². The van der Waals surface area contributed by atoms with Gasteiger partial charge in [0.25, 0.3) is 0 Å². The van der Waals surface area contributed by atoms with E-state index in [9.17, 15) is 28.6 Å². The molecule has 1 amide bonds. The van der Waals surface area contributed by atoms with Crippen LogP contribution in [0.15, 0.2) is 42.5 Å². The van der Waals surface area contributed by atoms with Crippen LogP contribution in [0.4, 0.5) is 8.78 Å². The SMILES string of the molecule is CC(=O)N[C@@H](Cc1cc(F)cc(F)c1)[C@H](O)CNC(CC(=O)O)c1cccc(C#N)c1. The van der Waals surface area contributed by atoms with Gasteiger partial charge < -0.3 is 20.8 Å². The molecule has 0 fully saturated rings. The number of nitrogens with one attached hydrogen (secondary N) is 2. The molecule has 1 unspecified atom stereocenters. The van der Waals surface area contributed by atoms with E-state index in [0.29, 0.717) is 11.1 Å². The van der Waals surface area contributed by atoms with Crippen molar-refractivity contribution in [2.45, 2.75) is 38.0 Å². The van der Waals surface area contributed by atoms with Crippen molar-refractivity contribution in [2.75, 3.05) is 6.54 Å². The molecule has 9 heteroatoms. The van der Waals surface area contributed by atoms with E-state index >= 15 is 0 Å². The second-order valence-corrected chi connectivity index (χ2v) is 7.15. The van der Waals surface area contributed by atoms with Crippen molar-refractivity contribution in [1.29, 1.82) is 5.26 Å². The molecule has 0 aromatic heterocycles. The molecule has 0 aliphatic rings. The molecule has 0 saturated heterocycles. The van der Waals surface area contributed by atoms with Gasteiger partial charge in [-0.25, -0.2) is 8.78 Å². The predicted molar refractivity (Wildman–Crippen MR) is 108 cm³/mol. The van der Waals surface area contributed by atoms with E-state index in [2.05, 4.69) is 10.6 Å². The van der Waals surface area contributed by atoms with E-state index in [-0.39, 0.29) is 24.9 Å². The molecule has 4 N–H and O–H groups in total. The number of carbonyl (C=O) groups is 2. The molecule has 31 heavy (non-hydrogen) atoms. The maximum absolute atomic E-state index is 13.5. The second-order valence-electron chi connectivity index (χ2n) is 7.15. The van der Waals surface area contributed by atoms with Gasteiger partial charge in [-0.3, -0.25) is 9.59 Å². The summed E-state index contributed by atoms with van der Waals surface area (Å²) in [5.41, 5.74) is 1.16. The number of hydrogen-bond acceptors (Lipinski definition) is 5. The molecule has 0 saturated carbocycles. The number of nitrogens with zero attached hydrogens (tertiary/aromatic N) is 1. The van der Waals surface area contributed by atoms with Crippen molar-refractivity contribution in [3.05, 3.63) is 70.8 Å². The van der Waals surface area contributed by atoms with Crippen LogP contribution < -0.4 is 10.6 Å². The van der Waals surface area contributed by atoms with Gasteiger partial charge in [0.15, 0.2) is 0 Å². The van der Waals surface area contributed by atoms with Crippen LogP contribution in [-0.4, -0.2) is 40.8 Å². The van der Waals surface area contributed by atoms with Crippen molar-refractivity contribution < 1.29 is 28.6 Å². The molecule has 0 aliphatic carbocycles. The Balaban J connectivity index is 2.15. The van der Waals surface area contributed by atoms with E-state index in [0.717, 1.165) is 18.2 Å². The fourth-order valence-electron chi connectivity index (χ4n) is 3.24. The minimum Gasteiger partial charge on any atom is -0.481 e. The number of halogens is 2. The monoisotopic (exact) mass is 431 g/mol. The Kier molecular flexibility index (Phi) is 8.61. The van der Waals surface area contributed by atoms with E-state index < -0.39 is 41.7 Å². The highest BCUT2D eigenvalue weighted by Gasteiger charge is 2.24. The minimum absolute atomic E-state index is 0.0371. The molecule has 0 bridgehead atoms. The molecule has 2 rings (SSSR count). The largest absolute Gasteiger partial charge is 0.481 e. The normalized spacial score (nSPS) is 13.6. The molecule has 0 heterocycles. The predicted octanol–water partition coefficient (Wildman–Crippen LogP) is 2.05. The number of rotatable bonds is 10. The van der Waals surface area contributed by atoms with Gasteiger partial charge in [0, 0.05) is 25.6 Å². The highest BCUT2D eigenvalue weighted by molar-refractivity contribution is 5.73. The number of nitriles is 1. The molecule has 0 spiro atoms. The van der Waals surface area contributed by atoms with Crippen molar-refractivity contribution in [3.63, 3.8) is 0 Å². The molecule has 7 nitrogen and oxygen atoms in total. The zero-order valence-corrected chi connectivity index (χ0v) is 16.8. The average Bonchev–Trinajstić information content (AvgIpc) is 2.69. The van der Waals surface area contributed by atoms with Gasteiger partial charge in [0.05, 0.1) is 30.2 Å². The summed E-state index contributed by atoms with van der Waals surface area (Å²) in [5, 5.41) is 34.4. The van der Waals surface area contributed by atoms with Gasteiger partial charge in [0.1, 0.15) is 11.6 Å². The Morgan fingerprint density at radius 1 is 1.16 bits per heavy atom. The van der Waals surface area contributed by atoms with E-state index in [1.54, 1.807) is 24.3 Å². The Bertz CT molecular complexity index is 957. The summed E-state index contributed by atoms with van der Waals surface area (Å²) in [4.78, 5) is 22.8. The third-order valence-corrected chi connectivity index (χ3v) is 4.60. The Hall–Kier alpha value is -3.35. The summed E-state index contributed by atoms with van der Waals surface area (Å²) in [6.45, 7) is 1.14. The van der Waals surface area contributed by atoms with Gasteiger partial charge in [-0.05, 0) is 41.8 Å². The van der Waals surface area contributed by atoms with E-state index in [1.165, 1.54) is 6.92 Å². The van der Waals surface area contributed by atoms with Crippen molar-refractivity contribution in [1.82, 2.24) is 10.6 Å². The standard InChI is InChI=1S/C22H23F2N3O4/c1-13(28)27-20(8-15-6-17(23)9-18(24)7-15)21(29)12-26-19(10-22(30)31)16-4-2-3-14(5-16)11-25/h2-7,9,19-21,26,29H,8,10,12H2,1H3,(H,27,28)(H,30,31)/t19?,20-,21+/m0/s1. The number of benzene rings is 2. The Labute approximate surface area is 178 Å². The first kappa shape index (κ1) is 23.9. The summed E-state index contributed by atoms with van der Waals surface area (Å²) in [5.74, 6) is -3.07. The second kappa shape index (κ2) is 11.2. The first-order chi connectivity index (χ1) is 14.7. The van der Waals surface area contributed by atoms with Crippen LogP contribution in [0.1, 0.15) is 36.1 Å². The van der Waals surface area contributed by atoms with Gasteiger partial charge in [-0.1, -0.05) is 12.1 Å². The van der Waals surface area contributed by atoms with Crippen LogP contribution in [0.3, 0.4) is 0 Å². The molecular weight excluding hydrogens is 408 g/mol. The third kappa shape index (κ3) is 7.77. The lowest BCUT2D eigenvalue weighted by atomic mass is 9.98. The fraction of sp³-hybridized carbons (Fsp3) is 0.318. The van der Waals surface area contributed by atoms with E-state index in [1.807, 2.05) is 6.07 Å². The van der Waals surface area contributed by atoms with Gasteiger partial charge in [-0.15, -0.1) is 0 Å². The van der Waals surface area contributed by atoms with Crippen molar-refractivity contribution in [3.8, 4) is 6.07 Å². The maximum atomic E-state index is 13.5. The zero-order valence-electron chi connectivity index (χ0n) is 16.8. The van der Waals surface area contributed by atoms with Gasteiger partial charge in [0.2, 0.25) is 5.91 Å². The van der Waals surface area contributed by atoms with E-state index in [4.69, 9.17) is 5.26 Å². The molecule has 2 aromatic rings. The number of aliphatic hydroxyl groups is 1. The number of amides is 1. The molecule has 164 valence electrons. The average molecular weight is 431 g/mol. The number of carbonyl (C=O) groups excluding carboxylic acids is 1. The molecule has 0 aliphatic heterocycles. The van der Waals surface area contributed by atoms with Crippen LogP contribution in [0, 0.1) is 23.0 Å². The summed E-state index contributed by atoms with van der Waals surface area (Å²) in [6.07, 6.45) is -1.53.